The summed E-state index contributed by atoms with van der Waals surface area (Å²) >= 11 is 0. The van der Waals surface area contributed by atoms with Crippen molar-refractivity contribution < 1.29 is 0 Å². The zero-order valence-electron chi connectivity index (χ0n) is 29.8. The van der Waals surface area contributed by atoms with Crippen LogP contribution in [0, 0.1) is 0 Å². The first kappa shape index (κ1) is 31.7. The van der Waals surface area contributed by atoms with Gasteiger partial charge in [0.1, 0.15) is 0 Å². The molecular weight excluding hydrogens is 649 g/mol. The SMILES string of the molecule is c1ccc(-c2cc(-c3ccccc3)cc(-c3ccc4ccc(-c5c6ccccc6c(-c6ccccc6-c6ccccc6)c6ccccc56)cc4c3)c2)cc1. The Morgan fingerprint density at radius 3 is 1.11 bits per heavy atom. The van der Waals surface area contributed by atoms with Crippen molar-refractivity contribution >= 4 is 32.3 Å². The second kappa shape index (κ2) is 13.5. The lowest BCUT2D eigenvalue weighted by atomic mass is 9.83. The molecule has 0 amide bonds. The Morgan fingerprint density at radius 1 is 0.185 bits per heavy atom. The molecule has 0 bridgehead atoms. The highest BCUT2D eigenvalue weighted by Gasteiger charge is 2.19. The van der Waals surface area contributed by atoms with E-state index in [2.05, 4.69) is 218 Å². The summed E-state index contributed by atoms with van der Waals surface area (Å²) in [5, 5.41) is 7.49. The van der Waals surface area contributed by atoms with E-state index in [0.717, 1.165) is 0 Å². The van der Waals surface area contributed by atoms with Gasteiger partial charge in [-0.3, -0.25) is 0 Å². The first-order valence-corrected chi connectivity index (χ1v) is 18.7. The van der Waals surface area contributed by atoms with Crippen molar-refractivity contribution in [3.8, 4) is 66.8 Å². The molecule has 0 radical (unpaired) electrons. The van der Waals surface area contributed by atoms with Crippen LogP contribution in [0.3, 0.4) is 0 Å². The average molecular weight is 685 g/mol. The summed E-state index contributed by atoms with van der Waals surface area (Å²) in [4.78, 5) is 0. The largest absolute Gasteiger partial charge is 0.0622 e. The summed E-state index contributed by atoms with van der Waals surface area (Å²) < 4.78 is 0. The van der Waals surface area contributed by atoms with Crippen molar-refractivity contribution in [2.24, 2.45) is 0 Å². The molecule has 0 heterocycles. The van der Waals surface area contributed by atoms with Gasteiger partial charge < -0.3 is 0 Å². The summed E-state index contributed by atoms with van der Waals surface area (Å²) in [6.07, 6.45) is 0. The van der Waals surface area contributed by atoms with Crippen molar-refractivity contribution in [1.29, 1.82) is 0 Å². The molecule has 0 atom stereocenters. The molecule has 10 aromatic carbocycles. The summed E-state index contributed by atoms with van der Waals surface area (Å²) in [6, 6.07) is 79.8. The van der Waals surface area contributed by atoms with Crippen LogP contribution in [-0.2, 0) is 0 Å². The summed E-state index contributed by atoms with van der Waals surface area (Å²) in [5.41, 5.74) is 14.8. The molecule has 0 aliphatic carbocycles. The molecule has 0 N–H and O–H groups in total. The maximum Gasteiger partial charge on any atom is -0.00201 e. The van der Waals surface area contributed by atoms with Gasteiger partial charge in [-0.05, 0) is 129 Å². The van der Waals surface area contributed by atoms with E-state index in [4.69, 9.17) is 0 Å². The highest BCUT2D eigenvalue weighted by molar-refractivity contribution is 6.22. The summed E-state index contributed by atoms with van der Waals surface area (Å²) in [5.74, 6) is 0. The Hall–Kier alpha value is -7.02. The van der Waals surface area contributed by atoms with Gasteiger partial charge in [0.05, 0.1) is 0 Å². The molecule has 0 aliphatic rings. The second-order valence-corrected chi connectivity index (χ2v) is 14.1. The number of hydrogen-bond donors (Lipinski definition) is 0. The predicted octanol–water partition coefficient (Wildman–Crippen LogP) is 15.1. The van der Waals surface area contributed by atoms with E-state index >= 15 is 0 Å². The first-order chi connectivity index (χ1) is 26.8. The van der Waals surface area contributed by atoms with Crippen molar-refractivity contribution in [3.63, 3.8) is 0 Å². The third-order valence-corrected chi connectivity index (χ3v) is 10.8. The van der Waals surface area contributed by atoms with Crippen LogP contribution in [0.1, 0.15) is 0 Å². The first-order valence-electron chi connectivity index (χ1n) is 18.7. The number of hydrogen-bond acceptors (Lipinski definition) is 0. The lowest BCUT2D eigenvalue weighted by Gasteiger charge is -2.20. The Balaban J connectivity index is 1.16. The van der Waals surface area contributed by atoms with Crippen LogP contribution in [0.4, 0.5) is 0 Å². The topological polar surface area (TPSA) is 0 Å². The van der Waals surface area contributed by atoms with Crippen LogP contribution < -0.4 is 0 Å². The maximum absolute atomic E-state index is 2.39. The highest BCUT2D eigenvalue weighted by atomic mass is 14.2. The van der Waals surface area contributed by atoms with E-state index in [-0.39, 0.29) is 0 Å². The van der Waals surface area contributed by atoms with Gasteiger partial charge in [-0.15, -0.1) is 0 Å². The van der Waals surface area contributed by atoms with Crippen molar-refractivity contribution in [3.05, 3.63) is 218 Å². The Bertz CT molecular complexity index is 2840. The Morgan fingerprint density at radius 2 is 0.574 bits per heavy atom. The molecule has 0 spiro atoms. The Kier molecular flexibility index (Phi) is 7.93. The fourth-order valence-electron chi connectivity index (χ4n) is 8.27. The number of rotatable bonds is 6. The molecule has 10 aromatic rings. The minimum atomic E-state index is 1.21. The normalized spacial score (nSPS) is 11.3. The molecule has 0 aliphatic heterocycles. The van der Waals surface area contributed by atoms with Gasteiger partial charge in [0.2, 0.25) is 0 Å². The highest BCUT2D eigenvalue weighted by Crippen LogP contribution is 2.46. The van der Waals surface area contributed by atoms with Crippen LogP contribution in [0.2, 0.25) is 0 Å². The van der Waals surface area contributed by atoms with Gasteiger partial charge in [-0.2, -0.15) is 0 Å². The third-order valence-electron chi connectivity index (χ3n) is 10.8. The fraction of sp³-hybridized carbons (Fsp3) is 0. The quantitative estimate of drug-likeness (QED) is 0.153. The lowest BCUT2D eigenvalue weighted by molar-refractivity contribution is 1.57. The van der Waals surface area contributed by atoms with Gasteiger partial charge in [-0.1, -0.05) is 188 Å². The zero-order valence-corrected chi connectivity index (χ0v) is 29.8. The fourth-order valence-corrected chi connectivity index (χ4v) is 8.27. The van der Waals surface area contributed by atoms with Gasteiger partial charge >= 0.3 is 0 Å². The van der Waals surface area contributed by atoms with E-state index in [0.29, 0.717) is 0 Å². The molecule has 0 aromatic heterocycles. The molecule has 54 heavy (non-hydrogen) atoms. The molecule has 0 saturated heterocycles. The van der Waals surface area contributed by atoms with Crippen LogP contribution in [-0.4, -0.2) is 0 Å². The second-order valence-electron chi connectivity index (χ2n) is 14.1. The van der Waals surface area contributed by atoms with Crippen LogP contribution >= 0.6 is 0 Å². The molecule has 0 nitrogen and oxygen atoms in total. The molecule has 0 fully saturated rings. The molecular formula is C54H36. The smallest absolute Gasteiger partial charge is 0.00201 e. The molecule has 0 heteroatoms. The van der Waals surface area contributed by atoms with E-state index in [1.54, 1.807) is 0 Å². The molecule has 10 rings (SSSR count). The van der Waals surface area contributed by atoms with Crippen molar-refractivity contribution in [1.82, 2.24) is 0 Å². The molecule has 0 unspecified atom stereocenters. The Labute approximate surface area is 316 Å². The molecule has 252 valence electrons. The van der Waals surface area contributed by atoms with E-state index in [9.17, 15) is 0 Å². The minimum Gasteiger partial charge on any atom is -0.0622 e. The van der Waals surface area contributed by atoms with Gasteiger partial charge in [-0.25, -0.2) is 0 Å². The predicted molar refractivity (Wildman–Crippen MR) is 232 cm³/mol. The summed E-state index contributed by atoms with van der Waals surface area (Å²) in [6.45, 7) is 0. The number of fused-ring (bicyclic) bond motifs is 3. The molecule has 0 saturated carbocycles. The standard InChI is InChI=1S/C54H36/c1-4-16-37(17-5-1)44-34-45(38-18-6-2-7-19-38)36-46(35-44)41-30-28-39-29-31-42(33-43(39)32-41)53-49-24-12-14-26-51(49)54(52-27-15-13-25-50(52)53)48-23-11-10-22-47(48)40-20-8-3-9-21-40/h1-36H. The maximum atomic E-state index is 2.39. The van der Waals surface area contributed by atoms with Crippen LogP contribution in [0.15, 0.2) is 218 Å². The number of benzene rings is 10. The van der Waals surface area contributed by atoms with Gasteiger partial charge in [0.15, 0.2) is 0 Å². The van der Waals surface area contributed by atoms with Gasteiger partial charge in [0, 0.05) is 0 Å². The monoisotopic (exact) mass is 684 g/mol. The van der Waals surface area contributed by atoms with E-state index in [1.165, 1.54) is 99.1 Å². The van der Waals surface area contributed by atoms with E-state index < -0.39 is 0 Å². The zero-order chi connectivity index (χ0) is 35.8. The van der Waals surface area contributed by atoms with Crippen LogP contribution in [0.25, 0.3) is 99.1 Å². The van der Waals surface area contributed by atoms with Gasteiger partial charge in [0.25, 0.3) is 0 Å². The third kappa shape index (κ3) is 5.66. The van der Waals surface area contributed by atoms with Crippen molar-refractivity contribution in [2.45, 2.75) is 0 Å². The average Bonchev–Trinajstić information content (AvgIpc) is 3.26. The van der Waals surface area contributed by atoms with E-state index in [1.807, 2.05) is 0 Å². The summed E-state index contributed by atoms with van der Waals surface area (Å²) in [7, 11) is 0. The lowest BCUT2D eigenvalue weighted by Crippen LogP contribution is -1.92. The minimum absolute atomic E-state index is 1.21. The van der Waals surface area contributed by atoms with Crippen LogP contribution in [0.5, 0.6) is 0 Å². The van der Waals surface area contributed by atoms with Crippen molar-refractivity contribution in [2.75, 3.05) is 0 Å².